The molecule has 0 amide bonds. The molecule has 6 heteroatoms. The Morgan fingerprint density at radius 1 is 1.25 bits per heavy atom. The number of hydrazone groups is 1. The van der Waals surface area contributed by atoms with Crippen molar-refractivity contribution in [1.29, 1.82) is 5.26 Å². The summed E-state index contributed by atoms with van der Waals surface area (Å²) in [5, 5.41) is 21.6. The lowest BCUT2D eigenvalue weighted by atomic mass is 10.2. The topological polar surface area (TPSA) is 88.7 Å². The van der Waals surface area contributed by atoms with Crippen LogP contribution in [-0.4, -0.2) is 30.9 Å². The van der Waals surface area contributed by atoms with Crippen LogP contribution in [0.25, 0.3) is 0 Å². The van der Waals surface area contributed by atoms with Crippen LogP contribution < -0.4 is 10.3 Å². The van der Waals surface area contributed by atoms with Gasteiger partial charge in [0.2, 0.25) is 0 Å². The lowest BCUT2D eigenvalue weighted by Gasteiger charge is -2.17. The average Bonchev–Trinajstić information content (AvgIpc) is 2.60. The van der Waals surface area contributed by atoms with E-state index in [2.05, 4.69) is 16.6 Å². The Kier molecular flexibility index (Phi) is 5.92. The molecule has 6 nitrogen and oxygen atoms in total. The molecule has 0 saturated heterocycles. The Labute approximate surface area is 140 Å². The summed E-state index contributed by atoms with van der Waals surface area (Å²) in [6.45, 7) is 0.692. The second-order valence-electron chi connectivity index (χ2n) is 5.17. The highest BCUT2D eigenvalue weighted by Crippen LogP contribution is 2.13. The maximum Gasteiger partial charge on any atom is 0.335 e. The number of benzene rings is 2. The lowest BCUT2D eigenvalue weighted by Crippen LogP contribution is -2.17. The third kappa shape index (κ3) is 4.85. The van der Waals surface area contributed by atoms with Gasteiger partial charge in [0.25, 0.3) is 0 Å². The number of nitrogens with one attached hydrogen (secondary N) is 1. The Morgan fingerprint density at radius 3 is 2.50 bits per heavy atom. The summed E-state index contributed by atoms with van der Waals surface area (Å²) in [5.41, 5.74) is 5.78. The van der Waals surface area contributed by atoms with E-state index in [4.69, 9.17) is 10.4 Å². The van der Waals surface area contributed by atoms with Crippen LogP contribution in [0.4, 0.5) is 11.4 Å². The van der Waals surface area contributed by atoms with Crippen LogP contribution in [0.15, 0.2) is 53.6 Å². The van der Waals surface area contributed by atoms with Crippen LogP contribution in [0.1, 0.15) is 22.3 Å². The van der Waals surface area contributed by atoms with Crippen molar-refractivity contribution < 1.29 is 9.90 Å². The van der Waals surface area contributed by atoms with Gasteiger partial charge in [-0.25, -0.2) is 4.79 Å². The molecule has 0 aromatic heterocycles. The molecule has 122 valence electrons. The van der Waals surface area contributed by atoms with E-state index in [0.717, 1.165) is 11.3 Å². The maximum absolute atomic E-state index is 10.8. The molecule has 0 heterocycles. The summed E-state index contributed by atoms with van der Waals surface area (Å²) >= 11 is 0. The second kappa shape index (κ2) is 8.34. The predicted molar refractivity (Wildman–Crippen MR) is 94.6 cm³/mol. The fourth-order valence-corrected chi connectivity index (χ4v) is 2.03. The van der Waals surface area contributed by atoms with Gasteiger partial charge < -0.3 is 10.0 Å². The van der Waals surface area contributed by atoms with Crippen molar-refractivity contribution in [1.82, 2.24) is 0 Å². The van der Waals surface area contributed by atoms with Crippen LogP contribution in [0.2, 0.25) is 0 Å². The van der Waals surface area contributed by atoms with E-state index in [1.54, 1.807) is 18.3 Å². The Hall–Kier alpha value is -3.33. The maximum atomic E-state index is 10.8. The van der Waals surface area contributed by atoms with Crippen molar-refractivity contribution in [2.45, 2.75) is 6.42 Å². The summed E-state index contributed by atoms with van der Waals surface area (Å²) in [6, 6.07) is 16.3. The van der Waals surface area contributed by atoms with E-state index >= 15 is 0 Å². The number of carboxylic acid groups (broad SMARTS) is 1. The number of hydrogen-bond donors (Lipinski definition) is 2. The fraction of sp³-hybridized carbons (Fsp3) is 0.167. The van der Waals surface area contributed by atoms with Gasteiger partial charge in [0.05, 0.1) is 30.0 Å². The van der Waals surface area contributed by atoms with Gasteiger partial charge in [-0.1, -0.05) is 12.1 Å². The molecule has 0 saturated carbocycles. The van der Waals surface area contributed by atoms with Gasteiger partial charge in [-0.3, -0.25) is 5.43 Å². The van der Waals surface area contributed by atoms with Gasteiger partial charge in [0.15, 0.2) is 0 Å². The highest BCUT2D eigenvalue weighted by molar-refractivity contribution is 5.88. The molecule has 0 aliphatic heterocycles. The molecule has 0 bridgehead atoms. The third-order valence-corrected chi connectivity index (χ3v) is 3.43. The molecule has 2 aromatic rings. The Bertz CT molecular complexity index is 746. The molecule has 0 aliphatic rings. The van der Waals surface area contributed by atoms with E-state index in [9.17, 15) is 4.79 Å². The van der Waals surface area contributed by atoms with E-state index in [0.29, 0.717) is 18.7 Å². The largest absolute Gasteiger partial charge is 0.478 e. The van der Waals surface area contributed by atoms with Crippen molar-refractivity contribution in [2.24, 2.45) is 5.10 Å². The van der Waals surface area contributed by atoms with Crippen molar-refractivity contribution in [2.75, 3.05) is 23.9 Å². The Morgan fingerprint density at radius 2 is 1.92 bits per heavy atom. The van der Waals surface area contributed by atoms with Crippen LogP contribution in [-0.2, 0) is 0 Å². The minimum absolute atomic E-state index is 0.237. The normalized spacial score (nSPS) is 10.3. The first-order valence-electron chi connectivity index (χ1n) is 7.41. The number of nitriles is 1. The zero-order chi connectivity index (χ0) is 17.4. The molecular weight excluding hydrogens is 304 g/mol. The van der Waals surface area contributed by atoms with Gasteiger partial charge in [-0.2, -0.15) is 10.4 Å². The number of nitrogens with zero attached hydrogens (tertiary/aromatic N) is 3. The number of rotatable bonds is 7. The van der Waals surface area contributed by atoms with Gasteiger partial charge in [0.1, 0.15) is 0 Å². The number of aromatic carboxylic acids is 1. The monoisotopic (exact) mass is 322 g/mol. The molecular formula is C18H18N4O2. The fourth-order valence-electron chi connectivity index (χ4n) is 2.03. The highest BCUT2D eigenvalue weighted by Gasteiger charge is 2.01. The lowest BCUT2D eigenvalue weighted by molar-refractivity contribution is 0.0697. The highest BCUT2D eigenvalue weighted by atomic mass is 16.4. The van der Waals surface area contributed by atoms with Crippen LogP contribution in [0, 0.1) is 11.3 Å². The van der Waals surface area contributed by atoms with E-state index in [1.807, 2.05) is 36.2 Å². The third-order valence-electron chi connectivity index (χ3n) is 3.43. The molecule has 0 unspecified atom stereocenters. The molecule has 0 fully saturated rings. The minimum Gasteiger partial charge on any atom is -0.478 e. The van der Waals surface area contributed by atoms with Crippen molar-refractivity contribution >= 4 is 23.6 Å². The Balaban J connectivity index is 1.92. The summed E-state index contributed by atoms with van der Waals surface area (Å²) < 4.78 is 0. The minimum atomic E-state index is -0.954. The van der Waals surface area contributed by atoms with E-state index in [-0.39, 0.29) is 5.56 Å². The molecule has 24 heavy (non-hydrogen) atoms. The van der Waals surface area contributed by atoms with Crippen molar-refractivity contribution in [3.8, 4) is 6.07 Å². The summed E-state index contributed by atoms with van der Waals surface area (Å²) in [5.74, 6) is -0.954. The second-order valence-corrected chi connectivity index (χ2v) is 5.17. The SMILES string of the molecule is CN(CCC#N)c1ccc(/C=N\Nc2ccc(C(=O)O)cc2)cc1. The average molecular weight is 322 g/mol. The van der Waals surface area contributed by atoms with E-state index in [1.165, 1.54) is 12.1 Å². The van der Waals surface area contributed by atoms with Gasteiger partial charge in [0, 0.05) is 19.3 Å². The zero-order valence-electron chi connectivity index (χ0n) is 13.3. The summed E-state index contributed by atoms with van der Waals surface area (Å²) in [7, 11) is 1.95. The predicted octanol–water partition coefficient (Wildman–Crippen LogP) is 3.18. The number of carboxylic acids is 1. The molecule has 0 radical (unpaired) electrons. The number of hydrogen-bond acceptors (Lipinski definition) is 5. The summed E-state index contributed by atoms with van der Waals surface area (Å²) in [4.78, 5) is 12.8. The van der Waals surface area contributed by atoms with Gasteiger partial charge in [-0.15, -0.1) is 0 Å². The smallest absolute Gasteiger partial charge is 0.335 e. The quantitative estimate of drug-likeness (QED) is 0.604. The van der Waals surface area contributed by atoms with Gasteiger partial charge >= 0.3 is 5.97 Å². The standard InChI is InChI=1S/C18H18N4O2/c1-22(12-2-11-19)17-9-3-14(4-10-17)13-20-21-16-7-5-15(6-8-16)18(23)24/h3-10,13,21H,2,12H2,1H3,(H,23,24)/b20-13-. The first kappa shape index (κ1) is 17.0. The molecule has 0 atom stereocenters. The summed E-state index contributed by atoms with van der Waals surface area (Å²) in [6.07, 6.45) is 2.18. The van der Waals surface area contributed by atoms with Crippen molar-refractivity contribution in [3.05, 3.63) is 59.7 Å². The number of carbonyl (C=O) groups is 1. The molecule has 0 aliphatic carbocycles. The zero-order valence-corrected chi connectivity index (χ0v) is 13.3. The van der Waals surface area contributed by atoms with Crippen molar-refractivity contribution in [3.63, 3.8) is 0 Å². The molecule has 0 spiro atoms. The molecule has 2 N–H and O–H groups in total. The first-order chi connectivity index (χ1) is 11.6. The molecule has 2 aromatic carbocycles. The van der Waals surface area contributed by atoms with E-state index < -0.39 is 5.97 Å². The van der Waals surface area contributed by atoms with Crippen LogP contribution in [0.3, 0.4) is 0 Å². The van der Waals surface area contributed by atoms with Crippen LogP contribution in [0.5, 0.6) is 0 Å². The first-order valence-corrected chi connectivity index (χ1v) is 7.41. The van der Waals surface area contributed by atoms with Crippen LogP contribution >= 0.6 is 0 Å². The van der Waals surface area contributed by atoms with Gasteiger partial charge in [-0.05, 0) is 42.0 Å². The number of anilines is 2. The molecule has 2 rings (SSSR count).